The Morgan fingerprint density at radius 3 is 2.65 bits per heavy atom. The summed E-state index contributed by atoms with van der Waals surface area (Å²) in [7, 11) is 0. The molecule has 2 aliphatic heterocycles. The van der Waals surface area contributed by atoms with E-state index in [0.717, 1.165) is 36.1 Å². The van der Waals surface area contributed by atoms with E-state index in [1.807, 2.05) is 19.9 Å². The first-order chi connectivity index (χ1) is 23.7. The van der Waals surface area contributed by atoms with Gasteiger partial charge < -0.3 is 19.3 Å². The Morgan fingerprint density at radius 1 is 1.04 bits per heavy atom. The molecule has 3 heterocycles. The molecule has 4 aromatic rings. The third-order valence-electron chi connectivity index (χ3n) is 8.17. The maximum absolute atomic E-state index is 13.9. The standard InChI is InChI=1S/C36H35Cl2N3O6S2/c1-4-6-7-14-46-28-13-9-21(17-29(28)45-5-2)31-30(32(42)22-10-12-27-24(16-22)15-20(3)47-27)33(43)34(44)41(31)35-39-40-36(49-35)48-19-23-8-11-25(37)18-26(23)38/h8-13,16-18,20,31,42H,4-7,14-15,19H2,1-3H3/b32-30+/t20-,31-/m1/s1. The number of aliphatic hydroxyl groups is 1. The molecule has 0 radical (unpaired) electrons. The normalized spacial score (nSPS) is 18.1. The first-order valence-corrected chi connectivity index (χ1v) is 18.6. The van der Waals surface area contributed by atoms with E-state index in [1.54, 1.807) is 48.5 Å². The molecule has 49 heavy (non-hydrogen) atoms. The van der Waals surface area contributed by atoms with Gasteiger partial charge in [-0.3, -0.25) is 14.5 Å². The van der Waals surface area contributed by atoms with Gasteiger partial charge in [0.05, 0.1) is 24.8 Å². The molecular weight excluding hydrogens is 705 g/mol. The molecule has 3 aromatic carbocycles. The number of halogens is 2. The number of anilines is 1. The largest absolute Gasteiger partial charge is 0.507 e. The van der Waals surface area contributed by atoms with Crippen molar-refractivity contribution in [2.24, 2.45) is 0 Å². The lowest BCUT2D eigenvalue weighted by atomic mass is 9.94. The second-order valence-corrected chi connectivity index (χ2v) is 14.7. The van der Waals surface area contributed by atoms with E-state index in [0.29, 0.717) is 62.4 Å². The number of hydrogen-bond acceptors (Lipinski definition) is 10. The average molecular weight is 741 g/mol. The summed E-state index contributed by atoms with van der Waals surface area (Å²) >= 11 is 15.0. The number of aromatic nitrogens is 2. The maximum Gasteiger partial charge on any atom is 0.301 e. The van der Waals surface area contributed by atoms with Gasteiger partial charge in [0.15, 0.2) is 15.8 Å². The zero-order valence-corrected chi connectivity index (χ0v) is 30.3. The fourth-order valence-electron chi connectivity index (χ4n) is 5.82. The molecule has 0 aliphatic carbocycles. The van der Waals surface area contributed by atoms with Crippen molar-refractivity contribution in [2.45, 2.75) is 68.7 Å². The Hall–Kier alpha value is -3.77. The van der Waals surface area contributed by atoms with Crippen molar-refractivity contribution >= 4 is 68.9 Å². The third kappa shape index (κ3) is 7.55. The molecule has 0 bridgehead atoms. The SMILES string of the molecule is CCCCCOc1ccc([C@@H]2/C(=C(\O)c3ccc4c(c3)C[C@@H](C)O4)C(=O)C(=O)N2c2nnc(SCc3ccc(Cl)cc3Cl)s2)cc1OCC. The number of ketones is 1. The maximum atomic E-state index is 13.9. The van der Waals surface area contributed by atoms with Gasteiger partial charge in [-0.1, -0.05) is 78.2 Å². The number of carbonyl (C=O) groups excluding carboxylic acids is 2. The Labute approximate surface area is 303 Å². The number of aliphatic hydroxyl groups excluding tert-OH is 1. The Bertz CT molecular complexity index is 1920. The van der Waals surface area contributed by atoms with Crippen molar-refractivity contribution in [2.75, 3.05) is 18.1 Å². The van der Waals surface area contributed by atoms with Crippen LogP contribution >= 0.6 is 46.3 Å². The molecule has 0 spiro atoms. The van der Waals surface area contributed by atoms with Crippen LogP contribution in [-0.4, -0.2) is 46.3 Å². The predicted molar refractivity (Wildman–Crippen MR) is 194 cm³/mol. The zero-order valence-electron chi connectivity index (χ0n) is 27.2. The van der Waals surface area contributed by atoms with E-state index >= 15 is 0 Å². The number of hydrogen-bond donors (Lipinski definition) is 1. The van der Waals surface area contributed by atoms with Crippen LogP contribution in [0, 0.1) is 0 Å². The van der Waals surface area contributed by atoms with Crippen LogP contribution in [0.15, 0.2) is 64.5 Å². The van der Waals surface area contributed by atoms with Gasteiger partial charge in [0, 0.05) is 27.8 Å². The smallest absolute Gasteiger partial charge is 0.301 e. The number of benzene rings is 3. The first-order valence-electron chi connectivity index (χ1n) is 16.1. The van der Waals surface area contributed by atoms with E-state index in [1.165, 1.54) is 28.0 Å². The van der Waals surface area contributed by atoms with Crippen molar-refractivity contribution in [1.82, 2.24) is 10.2 Å². The minimum Gasteiger partial charge on any atom is -0.507 e. The molecule has 1 fully saturated rings. The van der Waals surface area contributed by atoms with Gasteiger partial charge in [0.25, 0.3) is 5.78 Å². The van der Waals surface area contributed by atoms with Gasteiger partial charge in [-0.05, 0) is 79.4 Å². The number of thioether (sulfide) groups is 1. The predicted octanol–water partition coefficient (Wildman–Crippen LogP) is 9.05. The fourth-order valence-corrected chi connectivity index (χ4v) is 8.25. The van der Waals surface area contributed by atoms with Gasteiger partial charge in [0.1, 0.15) is 17.6 Å². The summed E-state index contributed by atoms with van der Waals surface area (Å²) in [5.41, 5.74) is 2.67. The van der Waals surface area contributed by atoms with Crippen LogP contribution in [0.25, 0.3) is 5.76 Å². The summed E-state index contributed by atoms with van der Waals surface area (Å²) in [5, 5.41) is 21.7. The summed E-state index contributed by atoms with van der Waals surface area (Å²) in [6, 6.07) is 14.9. The van der Waals surface area contributed by atoms with Gasteiger partial charge in [-0.2, -0.15) is 0 Å². The number of fused-ring (bicyclic) bond motifs is 1. The second kappa shape index (κ2) is 15.4. The fraction of sp³-hybridized carbons (Fsp3) is 0.333. The quantitative estimate of drug-likeness (QED) is 0.0359. The van der Waals surface area contributed by atoms with E-state index in [-0.39, 0.29) is 22.6 Å². The minimum atomic E-state index is -1.02. The molecule has 0 saturated carbocycles. The molecular formula is C36H35Cl2N3O6S2. The monoisotopic (exact) mass is 739 g/mol. The number of amides is 1. The van der Waals surface area contributed by atoms with E-state index in [4.69, 9.17) is 37.4 Å². The van der Waals surface area contributed by atoms with Crippen LogP contribution in [0.4, 0.5) is 5.13 Å². The molecule has 1 saturated heterocycles. The van der Waals surface area contributed by atoms with Crippen LogP contribution in [-0.2, 0) is 21.8 Å². The molecule has 13 heteroatoms. The average Bonchev–Trinajstić information content (AvgIpc) is 3.77. The van der Waals surface area contributed by atoms with Crippen molar-refractivity contribution < 1.29 is 28.9 Å². The highest BCUT2D eigenvalue weighted by molar-refractivity contribution is 8.00. The molecule has 2 aliphatic rings. The minimum absolute atomic E-state index is 0.00199. The molecule has 0 unspecified atom stereocenters. The molecule has 2 atom stereocenters. The highest BCUT2D eigenvalue weighted by Gasteiger charge is 2.48. The number of unbranched alkanes of at least 4 members (excludes halogenated alkanes) is 2. The number of ether oxygens (including phenoxy) is 3. The van der Waals surface area contributed by atoms with Gasteiger partial charge in [-0.15, -0.1) is 10.2 Å². The lowest BCUT2D eigenvalue weighted by Gasteiger charge is -2.23. The van der Waals surface area contributed by atoms with Crippen LogP contribution in [0.3, 0.4) is 0 Å². The van der Waals surface area contributed by atoms with Gasteiger partial charge >= 0.3 is 5.91 Å². The van der Waals surface area contributed by atoms with E-state index in [2.05, 4.69) is 17.1 Å². The summed E-state index contributed by atoms with van der Waals surface area (Å²) in [6.07, 6.45) is 3.67. The highest BCUT2D eigenvalue weighted by Crippen LogP contribution is 2.46. The summed E-state index contributed by atoms with van der Waals surface area (Å²) in [4.78, 5) is 29.0. The topological polar surface area (TPSA) is 111 Å². The summed E-state index contributed by atoms with van der Waals surface area (Å²) in [5.74, 6) is 0.309. The molecule has 1 N–H and O–H groups in total. The van der Waals surface area contributed by atoms with Crippen LogP contribution in [0.1, 0.15) is 68.3 Å². The van der Waals surface area contributed by atoms with Crippen LogP contribution in [0.2, 0.25) is 10.0 Å². The highest BCUT2D eigenvalue weighted by atomic mass is 35.5. The zero-order chi connectivity index (χ0) is 34.7. The van der Waals surface area contributed by atoms with Crippen LogP contribution in [0.5, 0.6) is 17.2 Å². The lowest BCUT2D eigenvalue weighted by molar-refractivity contribution is -0.132. The molecule has 9 nitrogen and oxygen atoms in total. The van der Waals surface area contributed by atoms with Crippen molar-refractivity contribution in [3.8, 4) is 17.2 Å². The number of Topliss-reactive ketones (excluding diaryl/α,β-unsaturated/α-hetero) is 1. The molecule has 6 rings (SSSR count). The Balaban J connectivity index is 1.40. The number of nitrogens with zero attached hydrogens (tertiary/aromatic N) is 3. The molecule has 1 aromatic heterocycles. The summed E-state index contributed by atoms with van der Waals surface area (Å²) < 4.78 is 18.4. The van der Waals surface area contributed by atoms with E-state index < -0.39 is 17.7 Å². The van der Waals surface area contributed by atoms with E-state index in [9.17, 15) is 14.7 Å². The Kier molecular flexibility index (Phi) is 11.0. The van der Waals surface area contributed by atoms with Crippen LogP contribution < -0.4 is 19.1 Å². The van der Waals surface area contributed by atoms with Crippen molar-refractivity contribution in [1.29, 1.82) is 0 Å². The van der Waals surface area contributed by atoms with Gasteiger partial charge in [0.2, 0.25) is 5.13 Å². The number of rotatable bonds is 13. The lowest BCUT2D eigenvalue weighted by Crippen LogP contribution is -2.29. The van der Waals surface area contributed by atoms with Gasteiger partial charge in [-0.25, -0.2) is 0 Å². The molecule has 256 valence electrons. The number of carbonyl (C=O) groups is 2. The second-order valence-electron chi connectivity index (χ2n) is 11.7. The first kappa shape index (κ1) is 35.1. The molecule has 1 amide bonds. The van der Waals surface area contributed by atoms with Crippen molar-refractivity contribution in [3.63, 3.8) is 0 Å². The third-order valence-corrected chi connectivity index (χ3v) is 10.9. The Morgan fingerprint density at radius 2 is 1.88 bits per heavy atom. The summed E-state index contributed by atoms with van der Waals surface area (Å²) in [6.45, 7) is 6.87. The van der Waals surface area contributed by atoms with Crippen molar-refractivity contribution in [3.05, 3.63) is 92.5 Å².